The summed E-state index contributed by atoms with van der Waals surface area (Å²) in [6.07, 6.45) is 11.5. The Kier molecular flexibility index (Phi) is 5.28. The van der Waals surface area contributed by atoms with E-state index in [4.69, 9.17) is 0 Å². The first-order valence-electron chi connectivity index (χ1n) is 8.45. The third kappa shape index (κ3) is 3.71. The lowest BCUT2D eigenvalue weighted by Gasteiger charge is -2.27. The average Bonchev–Trinajstić information content (AvgIpc) is 2.65. The lowest BCUT2D eigenvalue weighted by atomic mass is 9.92. The van der Waals surface area contributed by atoms with Crippen molar-refractivity contribution < 1.29 is 0 Å². The lowest BCUT2D eigenvalue weighted by Crippen LogP contribution is -2.20. The van der Waals surface area contributed by atoms with Gasteiger partial charge in [-0.15, -0.1) is 0 Å². The highest BCUT2D eigenvalue weighted by Crippen LogP contribution is 2.31. The second-order valence-electron chi connectivity index (χ2n) is 6.52. The molecule has 0 N–H and O–H groups in total. The summed E-state index contributed by atoms with van der Waals surface area (Å²) in [5, 5.41) is 0. The van der Waals surface area contributed by atoms with Crippen LogP contribution in [0.2, 0.25) is 0 Å². The van der Waals surface area contributed by atoms with E-state index >= 15 is 0 Å². The van der Waals surface area contributed by atoms with E-state index < -0.39 is 0 Å². The molecular formula is C21H29N. The first-order valence-corrected chi connectivity index (χ1v) is 8.45. The van der Waals surface area contributed by atoms with Crippen LogP contribution in [-0.4, -0.2) is 11.9 Å². The molecule has 2 aliphatic rings. The van der Waals surface area contributed by atoms with E-state index in [0.29, 0.717) is 0 Å². The number of hydrogen-bond donors (Lipinski definition) is 0. The fraction of sp³-hybridized carbons (Fsp3) is 0.429. The third-order valence-electron chi connectivity index (χ3n) is 4.31. The number of fused-ring (bicyclic) bond motifs is 1. The van der Waals surface area contributed by atoms with Crippen molar-refractivity contribution in [2.24, 2.45) is 5.41 Å². The molecule has 0 radical (unpaired) electrons. The van der Waals surface area contributed by atoms with Crippen LogP contribution >= 0.6 is 0 Å². The van der Waals surface area contributed by atoms with Crippen molar-refractivity contribution in [3.05, 3.63) is 71.0 Å². The minimum Gasteiger partial charge on any atom is -0.370 e. The van der Waals surface area contributed by atoms with Gasteiger partial charge in [0, 0.05) is 24.7 Å². The average molecular weight is 295 g/mol. The van der Waals surface area contributed by atoms with Gasteiger partial charge in [0.1, 0.15) is 0 Å². The fourth-order valence-electron chi connectivity index (χ4n) is 3.01. The molecule has 0 bridgehead atoms. The Labute approximate surface area is 136 Å². The monoisotopic (exact) mass is 295 g/mol. The molecule has 1 nitrogen and oxygen atoms in total. The maximum Gasteiger partial charge on any atom is 0.0429 e. The Morgan fingerprint density at radius 2 is 1.55 bits per heavy atom. The van der Waals surface area contributed by atoms with Crippen LogP contribution in [0.25, 0.3) is 0 Å². The van der Waals surface area contributed by atoms with Crippen LogP contribution in [0.15, 0.2) is 59.8 Å². The molecule has 3 rings (SSSR count). The smallest absolute Gasteiger partial charge is 0.0429 e. The molecule has 0 saturated carbocycles. The van der Waals surface area contributed by atoms with Crippen molar-refractivity contribution in [1.82, 2.24) is 4.90 Å². The van der Waals surface area contributed by atoms with Gasteiger partial charge in [0.05, 0.1) is 0 Å². The molecule has 0 amide bonds. The van der Waals surface area contributed by atoms with Crippen LogP contribution in [0.5, 0.6) is 0 Å². The second-order valence-corrected chi connectivity index (χ2v) is 6.52. The maximum absolute atomic E-state index is 2.38. The number of likely N-dealkylation sites (N-methyl/N-ethyl adjacent to an activating group) is 1. The summed E-state index contributed by atoms with van der Waals surface area (Å²) < 4.78 is 0. The molecule has 0 aromatic heterocycles. The SMILES string of the molecule is CC.CN1Cc2ccccc2CCC2=C1C=CC(C)(C)C=C2. The summed E-state index contributed by atoms with van der Waals surface area (Å²) >= 11 is 0. The quantitative estimate of drug-likeness (QED) is 0.611. The summed E-state index contributed by atoms with van der Waals surface area (Å²) in [6, 6.07) is 8.84. The van der Waals surface area contributed by atoms with Crippen molar-refractivity contribution in [1.29, 1.82) is 0 Å². The molecule has 22 heavy (non-hydrogen) atoms. The van der Waals surface area contributed by atoms with Crippen molar-refractivity contribution >= 4 is 0 Å². The van der Waals surface area contributed by atoms with E-state index in [1.165, 1.54) is 22.4 Å². The Morgan fingerprint density at radius 1 is 0.909 bits per heavy atom. The van der Waals surface area contributed by atoms with Crippen molar-refractivity contribution in [3.63, 3.8) is 0 Å². The van der Waals surface area contributed by atoms with E-state index in [9.17, 15) is 0 Å². The number of nitrogens with zero attached hydrogens (tertiary/aromatic N) is 1. The van der Waals surface area contributed by atoms with Crippen molar-refractivity contribution in [2.75, 3.05) is 7.05 Å². The number of rotatable bonds is 0. The van der Waals surface area contributed by atoms with Crippen LogP contribution in [0, 0.1) is 5.41 Å². The van der Waals surface area contributed by atoms with Crippen LogP contribution < -0.4 is 0 Å². The molecule has 0 atom stereocenters. The van der Waals surface area contributed by atoms with Gasteiger partial charge in [-0.05, 0) is 35.6 Å². The molecule has 1 heterocycles. The lowest BCUT2D eigenvalue weighted by molar-refractivity contribution is 0.413. The summed E-state index contributed by atoms with van der Waals surface area (Å²) in [5.41, 5.74) is 5.94. The summed E-state index contributed by atoms with van der Waals surface area (Å²) in [4.78, 5) is 2.38. The molecule has 1 aliphatic carbocycles. The Bertz CT molecular complexity index is 602. The van der Waals surface area contributed by atoms with Crippen molar-refractivity contribution in [2.45, 2.75) is 47.1 Å². The minimum atomic E-state index is 0.148. The first-order chi connectivity index (χ1) is 10.6. The topological polar surface area (TPSA) is 3.24 Å². The zero-order valence-corrected chi connectivity index (χ0v) is 14.7. The van der Waals surface area contributed by atoms with Gasteiger partial charge < -0.3 is 4.90 Å². The molecule has 1 aromatic rings. The van der Waals surface area contributed by atoms with E-state index in [-0.39, 0.29) is 5.41 Å². The van der Waals surface area contributed by atoms with E-state index in [1.807, 2.05) is 13.8 Å². The summed E-state index contributed by atoms with van der Waals surface area (Å²) in [5.74, 6) is 0. The number of allylic oxidation sites excluding steroid dienone is 5. The van der Waals surface area contributed by atoms with Gasteiger partial charge in [-0.1, -0.05) is 70.2 Å². The zero-order chi connectivity index (χ0) is 16.2. The predicted octanol–water partition coefficient (Wildman–Crippen LogP) is 5.50. The van der Waals surface area contributed by atoms with Gasteiger partial charge in [0.25, 0.3) is 0 Å². The molecule has 1 heteroatoms. The van der Waals surface area contributed by atoms with E-state index in [2.05, 4.69) is 74.4 Å². The van der Waals surface area contributed by atoms with Crippen LogP contribution in [0.4, 0.5) is 0 Å². The molecule has 1 aromatic carbocycles. The highest BCUT2D eigenvalue weighted by Gasteiger charge is 2.19. The van der Waals surface area contributed by atoms with Gasteiger partial charge in [-0.25, -0.2) is 0 Å². The van der Waals surface area contributed by atoms with Crippen LogP contribution in [0.1, 0.15) is 45.2 Å². The standard InChI is InChI=1S/C19H23N.C2H6/c1-19(2)12-10-16-9-8-15-6-4-5-7-17(15)14-20(3)18(16)11-13-19;1-2/h4-7,10-13H,8-9,14H2,1-3H3;1-2H3. The molecule has 1 aliphatic heterocycles. The molecule has 118 valence electrons. The highest BCUT2D eigenvalue weighted by molar-refractivity contribution is 5.40. The summed E-state index contributed by atoms with van der Waals surface area (Å²) in [7, 11) is 2.20. The van der Waals surface area contributed by atoms with Gasteiger partial charge >= 0.3 is 0 Å². The normalized spacial score (nSPS) is 19.2. The highest BCUT2D eigenvalue weighted by atomic mass is 15.1. The Balaban J connectivity index is 0.000000847. The van der Waals surface area contributed by atoms with Crippen molar-refractivity contribution in [3.8, 4) is 0 Å². The second kappa shape index (κ2) is 7.00. The molecular weight excluding hydrogens is 266 g/mol. The molecule has 0 saturated heterocycles. The minimum absolute atomic E-state index is 0.148. The van der Waals surface area contributed by atoms with E-state index in [1.54, 1.807) is 0 Å². The largest absolute Gasteiger partial charge is 0.370 e. The summed E-state index contributed by atoms with van der Waals surface area (Å²) in [6.45, 7) is 9.51. The third-order valence-corrected chi connectivity index (χ3v) is 4.31. The van der Waals surface area contributed by atoms with Gasteiger partial charge in [-0.2, -0.15) is 0 Å². The molecule has 0 unspecified atom stereocenters. The Hall–Kier alpha value is -1.76. The first kappa shape index (κ1) is 16.6. The number of benzene rings is 1. The molecule has 0 fully saturated rings. The fourth-order valence-corrected chi connectivity index (χ4v) is 3.01. The van der Waals surface area contributed by atoms with Gasteiger partial charge in [-0.3, -0.25) is 0 Å². The molecule has 0 spiro atoms. The van der Waals surface area contributed by atoms with Crippen LogP contribution in [0.3, 0.4) is 0 Å². The Morgan fingerprint density at radius 3 is 2.27 bits per heavy atom. The predicted molar refractivity (Wildman–Crippen MR) is 96.7 cm³/mol. The van der Waals surface area contributed by atoms with Crippen LogP contribution in [-0.2, 0) is 13.0 Å². The number of hydrogen-bond acceptors (Lipinski definition) is 1. The van der Waals surface area contributed by atoms with Gasteiger partial charge in [0.15, 0.2) is 0 Å². The zero-order valence-electron chi connectivity index (χ0n) is 14.7. The van der Waals surface area contributed by atoms with Gasteiger partial charge in [0.2, 0.25) is 0 Å². The van der Waals surface area contributed by atoms with E-state index in [0.717, 1.165) is 19.4 Å². The number of aryl methyl sites for hydroxylation is 1. The maximum atomic E-state index is 2.38.